The molecule has 1 aromatic rings. The van der Waals surface area contributed by atoms with E-state index in [9.17, 15) is 31.6 Å². The number of rotatable bonds is 3. The first-order valence-electron chi connectivity index (χ1n) is 5.49. The average Bonchev–Trinajstić information content (AvgIpc) is 2.74. The first kappa shape index (κ1) is 15.8. The number of nitrogens with zero attached hydrogens (tertiary/aromatic N) is 2. The molecule has 1 fully saturated rings. The maximum atomic E-state index is 13.8. The number of nitro groups is 1. The maximum Gasteiger partial charge on any atom is 0.329 e. The third-order valence-electron chi connectivity index (χ3n) is 3.01. The summed E-state index contributed by atoms with van der Waals surface area (Å²) in [4.78, 5) is 22.4. The number of anilines is 1. The Kier molecular flexibility index (Phi) is 3.97. The highest BCUT2D eigenvalue weighted by Gasteiger charge is 2.42. The van der Waals surface area contributed by atoms with Gasteiger partial charge in [-0.15, -0.1) is 3.89 Å². The van der Waals surface area contributed by atoms with Crippen LogP contribution in [0, 0.1) is 15.9 Å². The van der Waals surface area contributed by atoms with Crippen LogP contribution in [0.1, 0.15) is 6.42 Å². The Hall–Kier alpha value is -1.62. The third-order valence-corrected chi connectivity index (χ3v) is 4.73. The summed E-state index contributed by atoms with van der Waals surface area (Å²) in [6.45, 7) is -0.598. The van der Waals surface area contributed by atoms with Gasteiger partial charge in [-0.25, -0.2) is 0 Å². The molecule has 0 aliphatic carbocycles. The highest BCUT2D eigenvalue weighted by Crippen LogP contribution is 2.37. The highest BCUT2D eigenvalue weighted by atomic mass is 79.9. The van der Waals surface area contributed by atoms with Gasteiger partial charge in [-0.3, -0.25) is 14.9 Å². The Morgan fingerprint density at radius 2 is 2.05 bits per heavy atom. The molecule has 0 spiro atoms. The van der Waals surface area contributed by atoms with Gasteiger partial charge in [-0.1, -0.05) is 0 Å². The van der Waals surface area contributed by atoms with E-state index in [2.05, 4.69) is 15.9 Å². The number of nitro benzene ring substituents is 1. The van der Waals surface area contributed by atoms with Crippen LogP contribution in [0.4, 0.5) is 19.7 Å². The fraction of sp³-hybridized carbons (Fsp3) is 0.300. The number of carbonyl (C=O) groups is 1. The van der Waals surface area contributed by atoms with Crippen molar-refractivity contribution in [2.24, 2.45) is 0 Å². The van der Waals surface area contributed by atoms with Gasteiger partial charge >= 0.3 is 15.9 Å². The van der Waals surface area contributed by atoms with Crippen LogP contribution in [-0.4, -0.2) is 31.0 Å². The van der Waals surface area contributed by atoms with Gasteiger partial charge < -0.3 is 4.90 Å². The summed E-state index contributed by atoms with van der Waals surface area (Å²) in [5.74, 6) is -2.03. The summed E-state index contributed by atoms with van der Waals surface area (Å²) in [7, 11) is -4.96. The van der Waals surface area contributed by atoms with Crippen molar-refractivity contribution in [3.63, 3.8) is 0 Å². The van der Waals surface area contributed by atoms with Gasteiger partial charge in [0, 0.05) is 13.0 Å². The molecule has 0 bridgehead atoms. The molecular weight excluding hydrogens is 378 g/mol. The topological polar surface area (TPSA) is 97.6 Å². The SMILES string of the molecule is O=C1CC(S(=O)(=O)F)CN1c1ccc(Br)c(F)c1[N+](=O)[O-]. The molecule has 1 aliphatic rings. The molecule has 1 amide bonds. The van der Waals surface area contributed by atoms with Crippen LogP contribution in [0.5, 0.6) is 0 Å². The number of benzene rings is 1. The molecule has 0 aromatic heterocycles. The van der Waals surface area contributed by atoms with Gasteiger partial charge in [0.15, 0.2) is 0 Å². The predicted octanol–water partition coefficient (Wildman–Crippen LogP) is 1.90. The van der Waals surface area contributed by atoms with Crippen LogP contribution >= 0.6 is 15.9 Å². The summed E-state index contributed by atoms with van der Waals surface area (Å²) >= 11 is 2.78. The first-order valence-corrected chi connectivity index (χ1v) is 7.73. The molecular formula is C10H7BrF2N2O5S. The van der Waals surface area contributed by atoms with Crippen LogP contribution in [0.3, 0.4) is 0 Å². The van der Waals surface area contributed by atoms with Crippen LogP contribution in [0.2, 0.25) is 0 Å². The zero-order chi connectivity index (χ0) is 15.9. The Morgan fingerprint density at radius 1 is 1.43 bits per heavy atom. The summed E-state index contributed by atoms with van der Waals surface area (Å²) in [6, 6.07) is 2.23. The molecule has 1 atom stereocenters. The van der Waals surface area contributed by atoms with Crippen molar-refractivity contribution in [2.75, 3.05) is 11.4 Å². The zero-order valence-corrected chi connectivity index (χ0v) is 12.5. The van der Waals surface area contributed by atoms with E-state index in [0.29, 0.717) is 4.90 Å². The number of hydrogen-bond donors (Lipinski definition) is 0. The Bertz CT molecular complexity index is 739. The van der Waals surface area contributed by atoms with Crippen LogP contribution < -0.4 is 4.90 Å². The molecule has 0 radical (unpaired) electrons. The van der Waals surface area contributed by atoms with Crippen molar-refractivity contribution in [1.82, 2.24) is 0 Å². The van der Waals surface area contributed by atoms with E-state index in [1.807, 2.05) is 0 Å². The normalized spacial score (nSPS) is 19.1. The van der Waals surface area contributed by atoms with Crippen molar-refractivity contribution in [1.29, 1.82) is 0 Å². The second-order valence-corrected chi connectivity index (χ2v) is 6.76. The Balaban J connectivity index is 2.51. The summed E-state index contributed by atoms with van der Waals surface area (Å²) in [6.07, 6.45) is -0.645. The Morgan fingerprint density at radius 3 is 2.52 bits per heavy atom. The number of halogens is 3. The lowest BCUT2D eigenvalue weighted by Crippen LogP contribution is -2.27. The molecule has 1 saturated heterocycles. The fourth-order valence-electron chi connectivity index (χ4n) is 2.02. The van der Waals surface area contributed by atoms with E-state index in [-0.39, 0.29) is 4.47 Å². The molecule has 7 nitrogen and oxygen atoms in total. The smallest absolute Gasteiger partial charge is 0.305 e. The zero-order valence-electron chi connectivity index (χ0n) is 10.1. The minimum absolute atomic E-state index is 0.181. The summed E-state index contributed by atoms with van der Waals surface area (Å²) < 4.78 is 48.2. The second-order valence-electron chi connectivity index (χ2n) is 4.29. The largest absolute Gasteiger partial charge is 0.329 e. The van der Waals surface area contributed by atoms with Crippen molar-refractivity contribution >= 4 is 43.4 Å². The van der Waals surface area contributed by atoms with Gasteiger partial charge in [0.25, 0.3) is 0 Å². The molecule has 2 rings (SSSR count). The van der Waals surface area contributed by atoms with Crippen molar-refractivity contribution in [3.05, 3.63) is 32.5 Å². The van der Waals surface area contributed by atoms with Gasteiger partial charge in [0.2, 0.25) is 11.7 Å². The lowest BCUT2D eigenvalue weighted by molar-refractivity contribution is -0.386. The predicted molar refractivity (Wildman–Crippen MR) is 71.5 cm³/mol. The van der Waals surface area contributed by atoms with E-state index in [4.69, 9.17) is 0 Å². The van der Waals surface area contributed by atoms with E-state index in [1.54, 1.807) is 0 Å². The summed E-state index contributed by atoms with van der Waals surface area (Å²) in [5, 5.41) is 9.34. The van der Waals surface area contributed by atoms with E-state index in [1.165, 1.54) is 0 Å². The maximum absolute atomic E-state index is 13.8. The van der Waals surface area contributed by atoms with E-state index in [0.717, 1.165) is 12.1 Å². The van der Waals surface area contributed by atoms with Crippen molar-refractivity contribution < 1.29 is 26.4 Å². The molecule has 1 aromatic carbocycles. The number of carbonyl (C=O) groups excluding carboxylic acids is 1. The molecule has 21 heavy (non-hydrogen) atoms. The molecule has 0 N–H and O–H groups in total. The van der Waals surface area contributed by atoms with Crippen molar-refractivity contribution in [3.8, 4) is 0 Å². The second kappa shape index (κ2) is 5.30. The third kappa shape index (κ3) is 2.88. The standard InChI is InChI=1S/C10H7BrF2N2O5S/c11-6-1-2-7(10(9(6)12)15(17)18)14-4-5(3-8(14)16)21(13,19)20/h1-2,5H,3-4H2. The molecule has 1 aliphatic heterocycles. The van der Waals surface area contributed by atoms with Gasteiger partial charge in [-0.05, 0) is 28.1 Å². The van der Waals surface area contributed by atoms with Crippen LogP contribution in [0.15, 0.2) is 16.6 Å². The molecule has 114 valence electrons. The fourth-order valence-corrected chi connectivity index (χ4v) is 3.01. The lowest BCUT2D eigenvalue weighted by atomic mass is 10.2. The first-order chi connectivity index (χ1) is 9.62. The summed E-state index contributed by atoms with van der Waals surface area (Å²) in [5.41, 5.74) is -1.38. The van der Waals surface area contributed by atoms with Crippen LogP contribution in [-0.2, 0) is 15.0 Å². The van der Waals surface area contributed by atoms with E-state index < -0.39 is 56.5 Å². The highest BCUT2D eigenvalue weighted by molar-refractivity contribution is 9.10. The monoisotopic (exact) mass is 384 g/mol. The quantitative estimate of drug-likeness (QED) is 0.450. The number of amides is 1. The van der Waals surface area contributed by atoms with E-state index >= 15 is 0 Å². The van der Waals surface area contributed by atoms with Gasteiger partial charge in [0.05, 0.1) is 9.40 Å². The number of hydrogen-bond acceptors (Lipinski definition) is 5. The van der Waals surface area contributed by atoms with Crippen LogP contribution in [0.25, 0.3) is 0 Å². The molecule has 1 heterocycles. The average molecular weight is 385 g/mol. The molecule has 1 unspecified atom stereocenters. The minimum atomic E-state index is -4.96. The minimum Gasteiger partial charge on any atom is -0.305 e. The lowest BCUT2D eigenvalue weighted by Gasteiger charge is -2.16. The van der Waals surface area contributed by atoms with Gasteiger partial charge in [-0.2, -0.15) is 12.8 Å². The molecule has 0 saturated carbocycles. The molecule has 11 heteroatoms. The van der Waals surface area contributed by atoms with Gasteiger partial charge in [0.1, 0.15) is 10.9 Å². The Labute approximate surface area is 126 Å². The van der Waals surface area contributed by atoms with Crippen molar-refractivity contribution in [2.45, 2.75) is 11.7 Å².